The number of ether oxygens (including phenoxy) is 2. The van der Waals surface area contributed by atoms with Gasteiger partial charge in [0.05, 0.1) is 37.4 Å². The van der Waals surface area contributed by atoms with Gasteiger partial charge in [0.1, 0.15) is 0 Å². The summed E-state index contributed by atoms with van der Waals surface area (Å²) in [6.07, 6.45) is -0.936. The van der Waals surface area contributed by atoms with Crippen LogP contribution in [0, 0.1) is 6.92 Å². The number of hydrogen-bond acceptors (Lipinski definition) is 8. The first-order valence-electron chi connectivity index (χ1n) is 10.0. The molecule has 0 aliphatic carbocycles. The Morgan fingerprint density at radius 3 is 2.42 bits per heavy atom. The number of rotatable bonds is 13. The second-order valence-corrected chi connectivity index (χ2v) is 9.32. The molecule has 2 aromatic rings. The Morgan fingerprint density at radius 1 is 1.15 bits per heavy atom. The molecule has 12 heteroatoms. The number of aryl methyl sites for hydroxylation is 1. The van der Waals surface area contributed by atoms with Crippen molar-refractivity contribution in [2.24, 2.45) is 5.11 Å². The molecule has 0 bridgehead atoms. The number of halogens is 1. The molecule has 0 aliphatic heterocycles. The first kappa shape index (κ1) is 26.6. The smallest absolute Gasteiger partial charge is 0.331 e. The lowest BCUT2D eigenvalue weighted by molar-refractivity contribution is -0.147. The Bertz CT molecular complexity index is 1060. The number of esters is 1. The fourth-order valence-electron chi connectivity index (χ4n) is 2.75. The molecule has 33 heavy (non-hydrogen) atoms. The highest BCUT2D eigenvalue weighted by Crippen LogP contribution is 2.18. The van der Waals surface area contributed by atoms with Gasteiger partial charge in [-0.2, -0.15) is 8.42 Å². The van der Waals surface area contributed by atoms with Crippen LogP contribution in [0.5, 0.6) is 0 Å². The molecule has 0 radical (unpaired) electrons. The van der Waals surface area contributed by atoms with Gasteiger partial charge in [0.25, 0.3) is 10.1 Å². The van der Waals surface area contributed by atoms with Crippen molar-refractivity contribution in [3.63, 3.8) is 0 Å². The Hall–Kier alpha value is -2.63. The molecule has 0 saturated heterocycles. The molecule has 0 spiro atoms. The molecular weight excluding hydrogens is 516 g/mol. The Labute approximate surface area is 201 Å². The molecule has 2 unspecified atom stereocenters. The van der Waals surface area contributed by atoms with Crippen LogP contribution in [0.2, 0.25) is 0 Å². The molecule has 2 rings (SSSR count). The van der Waals surface area contributed by atoms with Gasteiger partial charge in [0, 0.05) is 15.1 Å². The van der Waals surface area contributed by atoms with Gasteiger partial charge < -0.3 is 14.8 Å². The average molecular weight is 541 g/mol. The van der Waals surface area contributed by atoms with Crippen LogP contribution in [0.15, 0.2) is 63.0 Å². The lowest BCUT2D eigenvalue weighted by Gasteiger charge is -2.26. The predicted octanol–water partition coefficient (Wildman–Crippen LogP) is 4.20. The van der Waals surface area contributed by atoms with Crippen molar-refractivity contribution >= 4 is 37.7 Å². The van der Waals surface area contributed by atoms with E-state index in [0.717, 1.165) is 10.0 Å². The van der Waals surface area contributed by atoms with Gasteiger partial charge >= 0.3 is 5.97 Å². The molecular formula is C21H25BrN4O6S. The number of carbonyl (C=O) groups excluding carboxylic acids is 1. The van der Waals surface area contributed by atoms with Gasteiger partial charge in [-0.1, -0.05) is 38.7 Å². The largest absolute Gasteiger partial charge is 0.464 e. The molecule has 10 nitrogen and oxygen atoms in total. The van der Waals surface area contributed by atoms with E-state index in [2.05, 4.69) is 31.3 Å². The highest BCUT2D eigenvalue weighted by molar-refractivity contribution is 9.10. The van der Waals surface area contributed by atoms with Crippen LogP contribution in [0.1, 0.15) is 12.5 Å². The number of anilines is 1. The number of hydrogen-bond donors (Lipinski definition) is 1. The molecule has 0 amide bonds. The van der Waals surface area contributed by atoms with Crippen molar-refractivity contribution in [3.8, 4) is 0 Å². The SMILES string of the molecule is CCOC(=O)C(Nc1ccc(Br)cc1)C(CN=[N+]=[N-])OCCOS(=O)(=O)c1ccc(C)cc1. The first-order valence-corrected chi connectivity index (χ1v) is 12.2. The summed E-state index contributed by atoms with van der Waals surface area (Å²) in [5.74, 6) is -0.605. The second kappa shape index (κ2) is 13.2. The van der Waals surface area contributed by atoms with Crippen molar-refractivity contribution in [3.05, 3.63) is 69.0 Å². The maximum absolute atomic E-state index is 12.6. The summed E-state index contributed by atoms with van der Waals surface area (Å²) in [6, 6.07) is 12.3. The Kier molecular flexibility index (Phi) is 10.6. The third kappa shape index (κ3) is 8.67. The summed E-state index contributed by atoms with van der Waals surface area (Å²) in [7, 11) is -3.96. The van der Waals surface area contributed by atoms with Crippen molar-refractivity contribution < 1.29 is 26.9 Å². The van der Waals surface area contributed by atoms with Gasteiger partial charge in [-0.25, -0.2) is 4.79 Å². The molecule has 178 valence electrons. The van der Waals surface area contributed by atoms with E-state index in [1.807, 2.05) is 6.92 Å². The fraction of sp³-hybridized carbons (Fsp3) is 0.381. The lowest BCUT2D eigenvalue weighted by atomic mass is 10.1. The van der Waals surface area contributed by atoms with Crippen LogP contribution in [-0.4, -0.2) is 52.9 Å². The molecule has 0 fully saturated rings. The third-order valence-corrected chi connectivity index (χ3v) is 6.22. The minimum atomic E-state index is -3.96. The summed E-state index contributed by atoms with van der Waals surface area (Å²) in [4.78, 5) is 15.3. The van der Waals surface area contributed by atoms with Gasteiger partial charge in [-0.15, -0.1) is 0 Å². The van der Waals surface area contributed by atoms with E-state index in [-0.39, 0.29) is 31.3 Å². The molecule has 2 atom stereocenters. The van der Waals surface area contributed by atoms with E-state index < -0.39 is 28.2 Å². The molecule has 2 aromatic carbocycles. The van der Waals surface area contributed by atoms with Gasteiger partial charge in [-0.3, -0.25) is 4.18 Å². The van der Waals surface area contributed by atoms with E-state index in [9.17, 15) is 13.2 Å². The van der Waals surface area contributed by atoms with Crippen molar-refractivity contribution in [1.29, 1.82) is 0 Å². The standard InChI is InChI=1S/C21H25BrN4O6S/c1-3-30-21(27)20(25-17-8-6-16(22)7-9-17)19(14-24-26-23)31-12-13-32-33(28,29)18-10-4-15(2)5-11-18/h4-11,19-20,25H,3,12-14H2,1-2H3. The number of benzene rings is 2. The average Bonchev–Trinajstić information content (AvgIpc) is 2.79. The minimum absolute atomic E-state index is 0.0278. The topological polar surface area (TPSA) is 140 Å². The number of carbonyl (C=O) groups is 1. The number of nitrogens with one attached hydrogen (secondary N) is 1. The number of azide groups is 1. The maximum atomic E-state index is 12.6. The third-order valence-electron chi connectivity index (χ3n) is 4.37. The number of nitrogens with zero attached hydrogens (tertiary/aromatic N) is 3. The zero-order valence-electron chi connectivity index (χ0n) is 18.2. The Balaban J connectivity index is 2.08. The van der Waals surface area contributed by atoms with Crippen molar-refractivity contribution in [1.82, 2.24) is 0 Å². The van der Waals surface area contributed by atoms with E-state index in [4.69, 9.17) is 19.2 Å². The summed E-state index contributed by atoms with van der Waals surface area (Å²) >= 11 is 3.34. The molecule has 0 aromatic heterocycles. The van der Waals surface area contributed by atoms with Crippen molar-refractivity contribution in [2.45, 2.75) is 30.9 Å². The maximum Gasteiger partial charge on any atom is 0.331 e. The van der Waals surface area contributed by atoms with E-state index in [1.54, 1.807) is 43.3 Å². The predicted molar refractivity (Wildman–Crippen MR) is 126 cm³/mol. The van der Waals surface area contributed by atoms with Crippen molar-refractivity contribution in [2.75, 3.05) is 31.7 Å². The highest BCUT2D eigenvalue weighted by Gasteiger charge is 2.30. The first-order chi connectivity index (χ1) is 15.8. The van der Waals surface area contributed by atoms with Crippen LogP contribution in [-0.2, 0) is 28.6 Å². The molecule has 0 saturated carbocycles. The van der Waals surface area contributed by atoms with Gasteiger partial charge in [0.2, 0.25) is 0 Å². The fourth-order valence-corrected chi connectivity index (χ4v) is 3.91. The summed E-state index contributed by atoms with van der Waals surface area (Å²) < 4.78 is 41.4. The molecule has 1 N–H and O–H groups in total. The van der Waals surface area contributed by atoms with Crippen LogP contribution >= 0.6 is 15.9 Å². The van der Waals surface area contributed by atoms with E-state index >= 15 is 0 Å². The summed E-state index contributed by atoms with van der Waals surface area (Å²) in [5.41, 5.74) is 10.3. The quantitative estimate of drug-likeness (QED) is 0.100. The lowest BCUT2D eigenvalue weighted by Crippen LogP contribution is -2.45. The summed E-state index contributed by atoms with van der Waals surface area (Å²) in [5, 5.41) is 6.54. The van der Waals surface area contributed by atoms with Gasteiger partial charge in [0.15, 0.2) is 6.04 Å². The monoisotopic (exact) mass is 540 g/mol. The highest BCUT2D eigenvalue weighted by atomic mass is 79.9. The minimum Gasteiger partial charge on any atom is -0.464 e. The van der Waals surface area contributed by atoms with Crippen LogP contribution < -0.4 is 5.32 Å². The van der Waals surface area contributed by atoms with Crippen LogP contribution in [0.3, 0.4) is 0 Å². The van der Waals surface area contributed by atoms with E-state index in [0.29, 0.717) is 5.69 Å². The zero-order chi connectivity index (χ0) is 24.3. The van der Waals surface area contributed by atoms with Crippen LogP contribution in [0.25, 0.3) is 10.4 Å². The normalized spacial score (nSPS) is 12.9. The molecule has 0 heterocycles. The Morgan fingerprint density at radius 2 is 1.82 bits per heavy atom. The van der Waals surface area contributed by atoms with E-state index in [1.165, 1.54) is 12.1 Å². The molecule has 0 aliphatic rings. The second-order valence-electron chi connectivity index (χ2n) is 6.79. The zero-order valence-corrected chi connectivity index (χ0v) is 20.6. The van der Waals surface area contributed by atoms with Crippen LogP contribution in [0.4, 0.5) is 5.69 Å². The summed E-state index contributed by atoms with van der Waals surface area (Å²) in [6.45, 7) is 3.00. The van der Waals surface area contributed by atoms with Gasteiger partial charge in [-0.05, 0) is 55.8 Å².